The maximum Gasteiger partial charge on any atom is 0.277 e. The molecule has 1 saturated heterocycles. The number of carbonyl (C=O) groups is 5. The molecule has 0 saturated carbocycles. The van der Waals surface area contributed by atoms with Crippen LogP contribution in [0.5, 0.6) is 0 Å². The highest BCUT2D eigenvalue weighted by Crippen LogP contribution is 2.30. The number of anilines is 3. The molecule has 2 aliphatic rings. The van der Waals surface area contributed by atoms with Crippen molar-refractivity contribution in [2.45, 2.75) is 25.3 Å². The van der Waals surface area contributed by atoms with Gasteiger partial charge in [0.2, 0.25) is 11.8 Å². The molecular weight excluding hydrogens is 896 g/mol. The van der Waals surface area contributed by atoms with Crippen molar-refractivity contribution in [2.24, 2.45) is 0 Å². The molecule has 2 aliphatic heterocycles. The first-order valence-corrected chi connectivity index (χ1v) is 19.9. The summed E-state index contributed by atoms with van der Waals surface area (Å²) in [7, 11) is 0. The summed E-state index contributed by atoms with van der Waals surface area (Å²) in [4.78, 5) is 68.2. The molecule has 1 atom stereocenters. The Morgan fingerprint density at radius 3 is 2.14 bits per heavy atom. The first-order valence-electron chi connectivity index (χ1n) is 18.8. The monoisotopic (exact) mass is 940 g/mol. The molecule has 0 bridgehead atoms. The Morgan fingerprint density at radius 1 is 0.763 bits per heavy atom. The van der Waals surface area contributed by atoms with Crippen LogP contribution < -0.4 is 26.7 Å². The van der Waals surface area contributed by atoms with Crippen molar-refractivity contribution in [1.82, 2.24) is 21.0 Å². The number of carbonyl (C=O) groups excluding carboxylic acids is 5. The highest BCUT2D eigenvalue weighted by molar-refractivity contribution is 14.1. The average molecular weight is 941 g/mol. The number of piperidine rings is 1. The summed E-state index contributed by atoms with van der Waals surface area (Å²) in [5.41, 5.74) is 2.32. The molecule has 5 N–H and O–H groups in total. The Morgan fingerprint density at radius 2 is 1.44 bits per heavy atom. The van der Waals surface area contributed by atoms with Crippen LogP contribution in [-0.4, -0.2) is 120 Å². The molecule has 318 valence electrons. The molecule has 5 rings (SSSR count). The van der Waals surface area contributed by atoms with Crippen LogP contribution in [0.15, 0.2) is 48.5 Å². The van der Waals surface area contributed by atoms with Crippen molar-refractivity contribution in [1.29, 1.82) is 0 Å². The normalized spacial score (nSPS) is 15.1. The van der Waals surface area contributed by atoms with E-state index in [1.54, 1.807) is 18.2 Å². The zero-order valence-electron chi connectivity index (χ0n) is 31.8. The second kappa shape index (κ2) is 23.2. The van der Waals surface area contributed by atoms with Crippen molar-refractivity contribution in [3.05, 3.63) is 86.2 Å². The standard InChI is InChI=1S/C39H44F3IN6O10/c40-29-6-5-27(35(34(29)42)46-31-7-2-24(43)22-30(31)41)36(51)48-59-13-1-10-44-11-14-55-16-18-57-20-21-58-19-17-56-15-12-45-25-3-4-26-28(23-25)39(54)49(38(26)53)32-8-9-33(50)47-37(32)52/h2-7,22-23,32,44-46H,1,8-21H2,(H,48,51)(H,47,50,52). The Balaban J connectivity index is 0.810. The summed E-state index contributed by atoms with van der Waals surface area (Å²) in [5, 5.41) is 11.0. The van der Waals surface area contributed by atoms with Gasteiger partial charge < -0.3 is 34.9 Å². The fourth-order valence-corrected chi connectivity index (χ4v) is 6.36. The predicted molar refractivity (Wildman–Crippen MR) is 215 cm³/mol. The van der Waals surface area contributed by atoms with Crippen molar-refractivity contribution in [3.8, 4) is 0 Å². The van der Waals surface area contributed by atoms with Gasteiger partial charge in [-0.05, 0) is 90.5 Å². The van der Waals surface area contributed by atoms with Crippen molar-refractivity contribution in [3.63, 3.8) is 0 Å². The van der Waals surface area contributed by atoms with Crippen LogP contribution in [-0.2, 0) is 33.4 Å². The lowest BCUT2D eigenvalue weighted by Crippen LogP contribution is -2.54. The zero-order chi connectivity index (χ0) is 42.1. The summed E-state index contributed by atoms with van der Waals surface area (Å²) in [6, 6.07) is 9.79. The topological polar surface area (TPSA) is 195 Å². The van der Waals surface area contributed by atoms with Gasteiger partial charge in [-0.2, -0.15) is 0 Å². The van der Waals surface area contributed by atoms with E-state index < -0.39 is 58.7 Å². The minimum Gasteiger partial charge on any atom is -0.383 e. The molecular formula is C39H44F3IN6O10. The van der Waals surface area contributed by atoms with E-state index in [0.717, 1.165) is 17.0 Å². The van der Waals surface area contributed by atoms with Crippen molar-refractivity contribution >= 4 is 69.2 Å². The van der Waals surface area contributed by atoms with Gasteiger partial charge in [0.25, 0.3) is 17.7 Å². The van der Waals surface area contributed by atoms with Gasteiger partial charge in [-0.3, -0.25) is 39.0 Å². The quantitative estimate of drug-likeness (QED) is 0.0358. The molecule has 1 unspecified atom stereocenters. The lowest BCUT2D eigenvalue weighted by atomic mass is 10.0. The van der Waals surface area contributed by atoms with E-state index in [4.69, 9.17) is 23.8 Å². The number of nitrogens with one attached hydrogen (secondary N) is 5. The van der Waals surface area contributed by atoms with Crippen LogP contribution in [0.2, 0.25) is 0 Å². The molecule has 1 fully saturated rings. The smallest absolute Gasteiger partial charge is 0.277 e. The summed E-state index contributed by atoms with van der Waals surface area (Å²) in [5.74, 6) is -6.26. The first-order chi connectivity index (χ1) is 28.5. The third kappa shape index (κ3) is 13.1. The number of nitrogens with zero attached hydrogens (tertiary/aromatic N) is 1. The number of imide groups is 2. The summed E-state index contributed by atoms with van der Waals surface area (Å²) in [6.07, 6.45) is 0.680. The number of halogens is 4. The second-order valence-corrected chi connectivity index (χ2v) is 14.2. The van der Waals surface area contributed by atoms with E-state index in [9.17, 15) is 37.1 Å². The number of benzene rings is 3. The number of rotatable bonds is 25. The van der Waals surface area contributed by atoms with Gasteiger partial charge in [-0.15, -0.1) is 0 Å². The first kappa shape index (κ1) is 45.4. The van der Waals surface area contributed by atoms with Crippen molar-refractivity contribution in [2.75, 3.05) is 89.7 Å². The molecule has 3 aromatic carbocycles. The van der Waals surface area contributed by atoms with Gasteiger partial charge in [0.1, 0.15) is 11.9 Å². The minimum atomic E-state index is -1.33. The van der Waals surface area contributed by atoms with Gasteiger partial charge in [0.15, 0.2) is 11.6 Å². The molecule has 2 heterocycles. The number of hydrogen-bond donors (Lipinski definition) is 5. The molecule has 0 aromatic heterocycles. The Bertz CT molecular complexity index is 1980. The highest BCUT2D eigenvalue weighted by atomic mass is 127. The van der Waals surface area contributed by atoms with E-state index in [2.05, 4.69) is 26.7 Å². The number of hydroxylamine groups is 1. The third-order valence-electron chi connectivity index (χ3n) is 8.85. The van der Waals surface area contributed by atoms with Crippen LogP contribution in [0.3, 0.4) is 0 Å². The minimum absolute atomic E-state index is 0.0563. The largest absolute Gasteiger partial charge is 0.383 e. The van der Waals surface area contributed by atoms with Crippen LogP contribution in [0, 0.1) is 21.0 Å². The summed E-state index contributed by atoms with van der Waals surface area (Å²) in [6.45, 7) is 4.83. The average Bonchev–Trinajstić information content (AvgIpc) is 3.45. The predicted octanol–water partition coefficient (Wildman–Crippen LogP) is 3.67. The lowest BCUT2D eigenvalue weighted by Gasteiger charge is -2.27. The fraction of sp³-hybridized carbons (Fsp3) is 0.410. The van der Waals surface area contributed by atoms with E-state index in [1.807, 2.05) is 22.6 Å². The maximum absolute atomic E-state index is 14.6. The molecule has 0 aliphatic carbocycles. The molecule has 0 spiro atoms. The third-order valence-corrected chi connectivity index (χ3v) is 9.52. The van der Waals surface area contributed by atoms with Crippen LogP contribution >= 0.6 is 22.6 Å². The molecule has 0 radical (unpaired) electrons. The summed E-state index contributed by atoms with van der Waals surface area (Å²) >= 11 is 1.91. The molecule has 16 nitrogen and oxygen atoms in total. The van der Waals surface area contributed by atoms with E-state index in [-0.39, 0.29) is 41.8 Å². The van der Waals surface area contributed by atoms with Crippen molar-refractivity contribution < 1.29 is 60.9 Å². The van der Waals surface area contributed by atoms with Gasteiger partial charge in [-0.1, -0.05) is 0 Å². The molecule has 20 heteroatoms. The molecule has 5 amide bonds. The zero-order valence-corrected chi connectivity index (χ0v) is 34.0. The Kier molecular flexibility index (Phi) is 17.8. The van der Waals surface area contributed by atoms with E-state index >= 15 is 0 Å². The number of amides is 5. The highest BCUT2D eigenvalue weighted by Gasteiger charge is 2.44. The number of ether oxygens (including phenoxy) is 4. The lowest BCUT2D eigenvalue weighted by molar-refractivity contribution is -0.136. The maximum atomic E-state index is 14.6. The second-order valence-electron chi connectivity index (χ2n) is 13.0. The SMILES string of the molecule is O=C1CCC(N2C(=O)c3ccc(NCCOCCOCCOCCOCCNCCCONC(=O)c4ccc(F)c(F)c4Nc4ccc(I)cc4F)cc3C2=O)C(=O)N1. The number of fused-ring (bicyclic) bond motifs is 1. The van der Waals surface area contributed by atoms with E-state index in [1.165, 1.54) is 18.2 Å². The fourth-order valence-electron chi connectivity index (χ4n) is 5.91. The van der Waals surface area contributed by atoms with Crippen LogP contribution in [0.4, 0.5) is 30.2 Å². The Labute approximate surface area is 351 Å². The Hall–Kier alpha value is -4.71. The molecule has 3 aromatic rings. The van der Waals surface area contributed by atoms with Gasteiger partial charge in [-0.25, -0.2) is 18.7 Å². The van der Waals surface area contributed by atoms with Crippen LogP contribution in [0.25, 0.3) is 0 Å². The van der Waals surface area contributed by atoms with Gasteiger partial charge >= 0.3 is 0 Å². The molecule has 59 heavy (non-hydrogen) atoms. The van der Waals surface area contributed by atoms with Crippen LogP contribution in [0.1, 0.15) is 50.3 Å². The van der Waals surface area contributed by atoms with Gasteiger partial charge in [0.05, 0.1) is 87.5 Å². The van der Waals surface area contributed by atoms with Gasteiger partial charge in [0, 0.05) is 28.8 Å². The summed E-state index contributed by atoms with van der Waals surface area (Å²) < 4.78 is 65.5. The van der Waals surface area contributed by atoms with E-state index in [0.29, 0.717) is 88.2 Å². The number of hydrogen-bond acceptors (Lipinski definition) is 13.